The number of fused-ring (bicyclic) bond motifs is 2. The standard InChI is InChI=1S/C11H9ClN4O3/c1-16-10(19)13-7-3-2-5(12)4-6(7)11(16)8(17)14-9(18)15-11/h2-4H,1H3,(H,13,19)(H2,14,15,17,18)/t11-/m1/s1. The molecule has 1 aromatic carbocycles. The van der Waals surface area contributed by atoms with E-state index in [0.29, 0.717) is 16.3 Å². The van der Waals surface area contributed by atoms with Gasteiger partial charge in [0.2, 0.25) is 5.66 Å². The second-order valence-electron chi connectivity index (χ2n) is 4.30. The van der Waals surface area contributed by atoms with Gasteiger partial charge in [-0.05, 0) is 18.2 Å². The summed E-state index contributed by atoms with van der Waals surface area (Å²) < 4.78 is 0. The van der Waals surface area contributed by atoms with Gasteiger partial charge in [0.1, 0.15) is 0 Å². The molecule has 3 rings (SSSR count). The van der Waals surface area contributed by atoms with E-state index in [1.165, 1.54) is 13.1 Å². The minimum absolute atomic E-state index is 0.400. The largest absolute Gasteiger partial charge is 0.324 e. The topological polar surface area (TPSA) is 90.5 Å². The molecule has 0 unspecified atom stereocenters. The van der Waals surface area contributed by atoms with Crippen molar-refractivity contribution in [3.8, 4) is 0 Å². The van der Waals surface area contributed by atoms with Crippen LogP contribution in [0.4, 0.5) is 15.3 Å². The Morgan fingerprint density at radius 2 is 1.95 bits per heavy atom. The van der Waals surface area contributed by atoms with Crippen molar-refractivity contribution in [1.29, 1.82) is 0 Å². The number of nitrogens with zero attached hydrogens (tertiary/aromatic N) is 1. The number of urea groups is 2. The molecule has 98 valence electrons. The Hall–Kier alpha value is -2.28. The van der Waals surface area contributed by atoms with Gasteiger partial charge in [0.05, 0.1) is 5.69 Å². The molecule has 1 spiro atoms. The van der Waals surface area contributed by atoms with E-state index in [2.05, 4.69) is 16.0 Å². The minimum atomic E-state index is -1.56. The van der Waals surface area contributed by atoms with Crippen molar-refractivity contribution in [1.82, 2.24) is 15.5 Å². The van der Waals surface area contributed by atoms with Crippen molar-refractivity contribution < 1.29 is 14.4 Å². The lowest BCUT2D eigenvalue weighted by Gasteiger charge is -2.40. The van der Waals surface area contributed by atoms with E-state index >= 15 is 0 Å². The SMILES string of the molecule is CN1C(=O)Nc2ccc(Cl)cc2[C@@]12NC(=O)NC2=O. The first-order valence-corrected chi connectivity index (χ1v) is 5.81. The molecular weight excluding hydrogens is 272 g/mol. The van der Waals surface area contributed by atoms with Crippen LogP contribution in [0.25, 0.3) is 0 Å². The van der Waals surface area contributed by atoms with Crippen molar-refractivity contribution in [2.24, 2.45) is 0 Å². The maximum atomic E-state index is 12.1. The normalized spacial score (nSPS) is 24.9. The lowest BCUT2D eigenvalue weighted by molar-refractivity contribution is -0.129. The van der Waals surface area contributed by atoms with Gasteiger partial charge in [0.25, 0.3) is 5.91 Å². The third kappa shape index (κ3) is 1.42. The summed E-state index contributed by atoms with van der Waals surface area (Å²) in [6.07, 6.45) is 0. The number of imide groups is 1. The van der Waals surface area contributed by atoms with E-state index in [-0.39, 0.29) is 0 Å². The molecule has 0 aliphatic carbocycles. The number of likely N-dealkylation sites (N-methyl/N-ethyl adjacent to an activating group) is 1. The number of amides is 5. The number of benzene rings is 1. The van der Waals surface area contributed by atoms with Crippen LogP contribution in [0.2, 0.25) is 5.02 Å². The highest BCUT2D eigenvalue weighted by atomic mass is 35.5. The molecule has 19 heavy (non-hydrogen) atoms. The van der Waals surface area contributed by atoms with Gasteiger partial charge in [-0.15, -0.1) is 0 Å². The van der Waals surface area contributed by atoms with Crippen molar-refractivity contribution in [2.45, 2.75) is 5.66 Å². The Kier molecular flexibility index (Phi) is 2.24. The number of anilines is 1. The van der Waals surface area contributed by atoms with E-state index in [1.54, 1.807) is 12.1 Å². The molecule has 1 atom stereocenters. The van der Waals surface area contributed by atoms with E-state index < -0.39 is 23.6 Å². The van der Waals surface area contributed by atoms with Gasteiger partial charge in [0.15, 0.2) is 0 Å². The molecule has 3 N–H and O–H groups in total. The highest BCUT2D eigenvalue weighted by Crippen LogP contribution is 2.38. The summed E-state index contributed by atoms with van der Waals surface area (Å²) in [5.41, 5.74) is -0.699. The molecule has 2 aliphatic rings. The second-order valence-corrected chi connectivity index (χ2v) is 4.73. The number of carbonyl (C=O) groups is 3. The van der Waals surface area contributed by atoms with Gasteiger partial charge in [-0.25, -0.2) is 9.59 Å². The molecule has 2 heterocycles. The Morgan fingerprint density at radius 1 is 1.21 bits per heavy atom. The fourth-order valence-corrected chi connectivity index (χ4v) is 2.50. The van der Waals surface area contributed by atoms with Crippen LogP contribution < -0.4 is 16.0 Å². The zero-order chi connectivity index (χ0) is 13.8. The van der Waals surface area contributed by atoms with Gasteiger partial charge in [-0.1, -0.05) is 11.6 Å². The number of hydrogen-bond acceptors (Lipinski definition) is 3. The first kappa shape index (κ1) is 11.8. The van der Waals surface area contributed by atoms with Gasteiger partial charge < -0.3 is 10.6 Å². The van der Waals surface area contributed by atoms with Crippen molar-refractivity contribution >= 4 is 35.3 Å². The first-order valence-electron chi connectivity index (χ1n) is 5.43. The quantitative estimate of drug-likeness (QED) is 0.614. The van der Waals surface area contributed by atoms with Crippen LogP contribution in [0.3, 0.4) is 0 Å². The maximum absolute atomic E-state index is 12.1. The summed E-state index contributed by atoms with van der Waals surface area (Å²) in [7, 11) is 1.42. The lowest BCUT2D eigenvalue weighted by atomic mass is 9.94. The molecule has 1 aromatic rings. The van der Waals surface area contributed by atoms with Crippen LogP contribution in [0.15, 0.2) is 18.2 Å². The highest BCUT2D eigenvalue weighted by molar-refractivity contribution is 6.31. The minimum Gasteiger partial charge on any atom is -0.307 e. The predicted octanol–water partition coefficient (Wildman–Crippen LogP) is 0.809. The summed E-state index contributed by atoms with van der Waals surface area (Å²) in [6, 6.07) is 3.57. The van der Waals surface area contributed by atoms with Gasteiger partial charge in [-0.3, -0.25) is 15.0 Å². The number of rotatable bonds is 0. The molecular formula is C11H9ClN4O3. The van der Waals surface area contributed by atoms with Gasteiger partial charge in [-0.2, -0.15) is 0 Å². The van der Waals surface area contributed by atoms with Crippen LogP contribution in [0.1, 0.15) is 5.56 Å². The molecule has 1 fully saturated rings. The van der Waals surface area contributed by atoms with Crippen LogP contribution in [0.5, 0.6) is 0 Å². The number of halogens is 1. The third-order valence-corrected chi connectivity index (χ3v) is 3.51. The van der Waals surface area contributed by atoms with Crippen molar-refractivity contribution in [3.63, 3.8) is 0 Å². The third-order valence-electron chi connectivity index (χ3n) is 3.27. The fraction of sp³-hybridized carbons (Fsp3) is 0.182. The number of hydrogen-bond donors (Lipinski definition) is 3. The molecule has 0 saturated carbocycles. The Morgan fingerprint density at radius 3 is 2.58 bits per heavy atom. The molecule has 0 bridgehead atoms. The summed E-state index contributed by atoms with van der Waals surface area (Å²) in [4.78, 5) is 36.6. The lowest BCUT2D eigenvalue weighted by Crippen LogP contribution is -2.62. The molecule has 0 aromatic heterocycles. The zero-order valence-corrected chi connectivity index (χ0v) is 10.5. The molecule has 0 radical (unpaired) electrons. The van der Waals surface area contributed by atoms with Crippen molar-refractivity contribution in [3.05, 3.63) is 28.8 Å². The molecule has 8 heteroatoms. The van der Waals surface area contributed by atoms with Gasteiger partial charge in [0, 0.05) is 17.6 Å². The Labute approximate surface area is 112 Å². The van der Waals surface area contributed by atoms with Gasteiger partial charge >= 0.3 is 12.1 Å². The number of carbonyl (C=O) groups excluding carboxylic acids is 3. The monoisotopic (exact) mass is 280 g/mol. The molecule has 1 saturated heterocycles. The fourth-order valence-electron chi connectivity index (χ4n) is 2.33. The van der Waals surface area contributed by atoms with Crippen LogP contribution in [0, 0.1) is 0 Å². The van der Waals surface area contributed by atoms with Crippen LogP contribution in [-0.2, 0) is 10.5 Å². The van der Waals surface area contributed by atoms with E-state index in [0.717, 1.165) is 4.90 Å². The smallest absolute Gasteiger partial charge is 0.307 e. The summed E-state index contributed by atoms with van der Waals surface area (Å²) in [5.74, 6) is -0.613. The van der Waals surface area contributed by atoms with Crippen LogP contribution in [-0.4, -0.2) is 29.9 Å². The second kappa shape index (κ2) is 3.61. The first-order chi connectivity index (χ1) is 8.95. The van der Waals surface area contributed by atoms with Crippen molar-refractivity contribution in [2.75, 3.05) is 12.4 Å². The van der Waals surface area contributed by atoms with E-state index in [1.807, 2.05) is 0 Å². The number of nitrogens with one attached hydrogen (secondary N) is 3. The Bertz CT molecular complexity index is 632. The summed E-state index contributed by atoms with van der Waals surface area (Å²) in [6.45, 7) is 0. The summed E-state index contributed by atoms with van der Waals surface area (Å²) >= 11 is 5.93. The molecule has 7 nitrogen and oxygen atoms in total. The highest BCUT2D eigenvalue weighted by Gasteiger charge is 2.56. The average molecular weight is 281 g/mol. The van der Waals surface area contributed by atoms with E-state index in [4.69, 9.17) is 11.6 Å². The molecule has 5 amide bonds. The summed E-state index contributed by atoms with van der Waals surface area (Å²) in [5, 5.41) is 7.64. The Balaban J connectivity index is 2.29. The predicted molar refractivity (Wildman–Crippen MR) is 66.6 cm³/mol. The van der Waals surface area contributed by atoms with Crippen LogP contribution >= 0.6 is 11.6 Å². The average Bonchev–Trinajstić information content (AvgIpc) is 2.64. The van der Waals surface area contributed by atoms with E-state index in [9.17, 15) is 14.4 Å². The maximum Gasteiger partial charge on any atom is 0.324 e. The zero-order valence-electron chi connectivity index (χ0n) is 9.78. The molecule has 2 aliphatic heterocycles.